The van der Waals surface area contributed by atoms with Crippen LogP contribution in [0.5, 0.6) is 0 Å². The Kier molecular flexibility index (Phi) is 6.37. The van der Waals surface area contributed by atoms with Gasteiger partial charge in [-0.15, -0.1) is 0 Å². The topological polar surface area (TPSA) is 78.1 Å². The Morgan fingerprint density at radius 3 is 2.36 bits per heavy atom. The third-order valence-electron chi connectivity index (χ3n) is 3.96. The minimum atomic E-state index is -3.66. The molecule has 0 bridgehead atoms. The predicted molar refractivity (Wildman–Crippen MR) is 99.6 cm³/mol. The van der Waals surface area contributed by atoms with E-state index >= 15 is 0 Å². The largest absolute Gasteiger partial charge is 0.309 e. The van der Waals surface area contributed by atoms with Crippen LogP contribution in [0.2, 0.25) is 0 Å². The number of aryl methyl sites for hydroxylation is 1. The monoisotopic (exact) mass is 364 g/mol. The van der Waals surface area contributed by atoms with Gasteiger partial charge in [0.25, 0.3) is 0 Å². The van der Waals surface area contributed by atoms with Gasteiger partial charge in [0.15, 0.2) is 0 Å². The Balaban J connectivity index is 2.39. The lowest BCUT2D eigenvalue weighted by Gasteiger charge is -2.26. The molecule has 6 nitrogen and oxygen atoms in total. The highest BCUT2D eigenvalue weighted by molar-refractivity contribution is 7.89. The highest BCUT2D eigenvalue weighted by atomic mass is 32.2. The molecule has 138 valence electrons. The molecular formula is C18H28N4O2S. The van der Waals surface area contributed by atoms with Gasteiger partial charge >= 0.3 is 0 Å². The van der Waals surface area contributed by atoms with E-state index in [1.807, 2.05) is 58.0 Å². The summed E-state index contributed by atoms with van der Waals surface area (Å²) in [4.78, 5) is 0.283. The van der Waals surface area contributed by atoms with Gasteiger partial charge in [-0.2, -0.15) is 9.40 Å². The van der Waals surface area contributed by atoms with E-state index in [-0.39, 0.29) is 17.0 Å². The molecule has 25 heavy (non-hydrogen) atoms. The van der Waals surface area contributed by atoms with Crippen molar-refractivity contribution >= 4 is 10.0 Å². The van der Waals surface area contributed by atoms with E-state index in [9.17, 15) is 8.42 Å². The van der Waals surface area contributed by atoms with Gasteiger partial charge in [0.1, 0.15) is 4.90 Å². The quantitative estimate of drug-likeness (QED) is 0.755. The van der Waals surface area contributed by atoms with E-state index in [1.54, 1.807) is 6.92 Å². The fourth-order valence-electron chi connectivity index (χ4n) is 2.66. The van der Waals surface area contributed by atoms with E-state index in [1.165, 1.54) is 4.31 Å². The standard InChI is InChI=1S/C18H28N4O2S/c1-13(2)19-11-17-18(15(5)20-21-17)25(23,24)22(14(3)4)12-16-9-7-6-8-10-16/h6-10,13-14,19H,11-12H2,1-5H3,(H,20,21). The van der Waals surface area contributed by atoms with Crippen molar-refractivity contribution in [3.8, 4) is 0 Å². The molecule has 1 aromatic carbocycles. The fourth-order valence-corrected chi connectivity index (χ4v) is 4.61. The zero-order valence-corrected chi connectivity index (χ0v) is 16.4. The van der Waals surface area contributed by atoms with E-state index < -0.39 is 10.0 Å². The molecule has 0 saturated carbocycles. The normalized spacial score (nSPS) is 12.5. The Labute approximate surface area is 150 Å². The van der Waals surface area contributed by atoms with E-state index in [0.717, 1.165) is 5.56 Å². The zero-order valence-electron chi connectivity index (χ0n) is 15.6. The molecule has 7 heteroatoms. The Hall–Kier alpha value is -1.70. The summed E-state index contributed by atoms with van der Waals surface area (Å²) in [7, 11) is -3.66. The second kappa shape index (κ2) is 8.12. The molecule has 0 unspecified atom stereocenters. The van der Waals surface area contributed by atoms with Crippen molar-refractivity contribution in [2.45, 2.75) is 64.7 Å². The van der Waals surface area contributed by atoms with Crippen molar-refractivity contribution in [2.75, 3.05) is 0 Å². The van der Waals surface area contributed by atoms with Crippen LogP contribution < -0.4 is 5.32 Å². The molecule has 2 rings (SSSR count). The maximum atomic E-state index is 13.4. The van der Waals surface area contributed by atoms with Crippen molar-refractivity contribution in [2.24, 2.45) is 0 Å². The second-order valence-electron chi connectivity index (χ2n) is 6.79. The van der Waals surface area contributed by atoms with Crippen molar-refractivity contribution < 1.29 is 8.42 Å². The molecule has 0 aliphatic heterocycles. The van der Waals surface area contributed by atoms with Gasteiger partial charge in [0.05, 0.1) is 11.4 Å². The van der Waals surface area contributed by atoms with Gasteiger partial charge in [-0.1, -0.05) is 44.2 Å². The lowest BCUT2D eigenvalue weighted by atomic mass is 10.2. The number of nitrogens with one attached hydrogen (secondary N) is 2. The van der Waals surface area contributed by atoms with Gasteiger partial charge in [0, 0.05) is 25.2 Å². The van der Waals surface area contributed by atoms with Crippen LogP contribution in [0.15, 0.2) is 35.2 Å². The smallest absolute Gasteiger partial charge is 0.247 e. The van der Waals surface area contributed by atoms with Crippen molar-refractivity contribution in [3.05, 3.63) is 47.3 Å². The maximum absolute atomic E-state index is 13.4. The Morgan fingerprint density at radius 1 is 1.16 bits per heavy atom. The molecule has 0 aliphatic rings. The first-order valence-corrected chi connectivity index (χ1v) is 10.0. The molecule has 1 aromatic heterocycles. The van der Waals surface area contributed by atoms with Crippen LogP contribution in [0, 0.1) is 6.92 Å². The average molecular weight is 365 g/mol. The number of aromatic nitrogens is 2. The van der Waals surface area contributed by atoms with Crippen molar-refractivity contribution in [1.82, 2.24) is 19.8 Å². The number of nitrogens with zero attached hydrogens (tertiary/aromatic N) is 2. The van der Waals surface area contributed by atoms with Gasteiger partial charge in [-0.05, 0) is 26.3 Å². The summed E-state index contributed by atoms with van der Waals surface area (Å²) in [6.45, 7) is 10.3. The minimum Gasteiger partial charge on any atom is -0.309 e. The van der Waals surface area contributed by atoms with Gasteiger partial charge in [0.2, 0.25) is 10.0 Å². The van der Waals surface area contributed by atoms with Gasteiger partial charge in [-0.25, -0.2) is 8.42 Å². The number of hydrogen-bond donors (Lipinski definition) is 2. The maximum Gasteiger partial charge on any atom is 0.247 e. The lowest BCUT2D eigenvalue weighted by Crippen LogP contribution is -2.37. The molecule has 0 radical (unpaired) electrons. The predicted octanol–water partition coefficient (Wildman–Crippen LogP) is 2.82. The first-order chi connectivity index (χ1) is 11.7. The SMILES string of the molecule is Cc1[nH]nc(CNC(C)C)c1S(=O)(=O)N(Cc1ccccc1)C(C)C. The van der Waals surface area contributed by atoms with E-state index in [2.05, 4.69) is 15.5 Å². The van der Waals surface area contributed by atoms with Crippen LogP contribution in [0.3, 0.4) is 0 Å². The summed E-state index contributed by atoms with van der Waals surface area (Å²) in [5.41, 5.74) is 2.06. The van der Waals surface area contributed by atoms with Gasteiger partial charge < -0.3 is 5.32 Å². The molecule has 0 saturated heterocycles. The number of rotatable bonds is 8. The molecule has 1 heterocycles. The third-order valence-corrected chi connectivity index (χ3v) is 6.19. The highest BCUT2D eigenvalue weighted by Gasteiger charge is 2.32. The van der Waals surface area contributed by atoms with Crippen LogP contribution >= 0.6 is 0 Å². The number of aromatic amines is 1. The van der Waals surface area contributed by atoms with Crippen molar-refractivity contribution in [1.29, 1.82) is 0 Å². The summed E-state index contributed by atoms with van der Waals surface area (Å²) in [5, 5.41) is 10.3. The first kappa shape index (κ1) is 19.6. The Morgan fingerprint density at radius 2 is 1.80 bits per heavy atom. The molecule has 0 amide bonds. The summed E-state index contributed by atoms with van der Waals surface area (Å²) in [6, 6.07) is 9.72. The molecule has 0 fully saturated rings. The summed E-state index contributed by atoms with van der Waals surface area (Å²) in [5.74, 6) is 0. The van der Waals surface area contributed by atoms with Crippen LogP contribution in [-0.2, 0) is 23.1 Å². The number of benzene rings is 1. The van der Waals surface area contributed by atoms with E-state index in [4.69, 9.17) is 0 Å². The fraction of sp³-hybridized carbons (Fsp3) is 0.500. The molecule has 0 spiro atoms. The average Bonchev–Trinajstić information content (AvgIpc) is 2.92. The number of sulfonamides is 1. The van der Waals surface area contributed by atoms with Gasteiger partial charge in [-0.3, -0.25) is 5.10 Å². The summed E-state index contributed by atoms with van der Waals surface area (Å²) < 4.78 is 28.3. The lowest BCUT2D eigenvalue weighted by molar-refractivity contribution is 0.347. The minimum absolute atomic E-state index is 0.162. The van der Waals surface area contributed by atoms with Crippen LogP contribution in [0.4, 0.5) is 0 Å². The van der Waals surface area contributed by atoms with Crippen molar-refractivity contribution in [3.63, 3.8) is 0 Å². The van der Waals surface area contributed by atoms with E-state index in [0.29, 0.717) is 24.5 Å². The molecular weight excluding hydrogens is 336 g/mol. The molecule has 0 atom stereocenters. The Bertz CT molecular complexity index is 783. The number of hydrogen-bond acceptors (Lipinski definition) is 4. The number of H-pyrrole nitrogens is 1. The summed E-state index contributed by atoms with van der Waals surface area (Å²) in [6.07, 6.45) is 0. The molecule has 0 aliphatic carbocycles. The zero-order chi connectivity index (χ0) is 18.6. The van der Waals surface area contributed by atoms with Crippen LogP contribution in [0.1, 0.15) is 44.6 Å². The highest BCUT2D eigenvalue weighted by Crippen LogP contribution is 2.25. The van der Waals surface area contributed by atoms with Crippen LogP contribution in [0.25, 0.3) is 0 Å². The molecule has 2 aromatic rings. The third kappa shape index (κ3) is 4.68. The first-order valence-electron chi connectivity index (χ1n) is 8.56. The van der Waals surface area contributed by atoms with Crippen LogP contribution in [-0.4, -0.2) is 35.0 Å². The summed E-state index contributed by atoms with van der Waals surface area (Å²) >= 11 is 0. The second-order valence-corrected chi connectivity index (χ2v) is 8.62. The molecule has 2 N–H and O–H groups in total.